The molecule has 0 aromatic heterocycles. The maximum atomic E-state index is 12.9. The number of non-ortho nitro benzene ring substituents is 1. The second kappa shape index (κ2) is 9.50. The zero-order chi connectivity index (χ0) is 23.4. The fourth-order valence-electron chi connectivity index (χ4n) is 3.31. The van der Waals surface area contributed by atoms with Gasteiger partial charge in [-0.3, -0.25) is 14.9 Å². The highest BCUT2D eigenvalue weighted by Gasteiger charge is 2.28. The average molecular weight is 427 g/mol. The van der Waals surface area contributed by atoms with E-state index >= 15 is 0 Å². The highest BCUT2D eigenvalue weighted by atomic mass is 16.6. The Balaban J connectivity index is 2.62. The number of nitro benzene ring substituents is 1. The molecule has 0 bridgehead atoms. The van der Waals surface area contributed by atoms with Gasteiger partial charge >= 0.3 is 0 Å². The molecule has 31 heavy (non-hydrogen) atoms. The van der Waals surface area contributed by atoms with E-state index in [4.69, 9.17) is 4.74 Å². The third kappa shape index (κ3) is 6.06. The van der Waals surface area contributed by atoms with Gasteiger partial charge in [0.15, 0.2) is 0 Å². The maximum absolute atomic E-state index is 12.9. The summed E-state index contributed by atoms with van der Waals surface area (Å²) in [5.41, 5.74) is 1.65. The first-order valence-corrected chi connectivity index (χ1v) is 10.7. The van der Waals surface area contributed by atoms with Crippen LogP contribution < -0.4 is 10.1 Å². The summed E-state index contributed by atoms with van der Waals surface area (Å²) in [6.45, 7) is 15.2. The molecule has 0 radical (unpaired) electrons. The molecule has 0 heterocycles. The van der Waals surface area contributed by atoms with Crippen molar-refractivity contribution in [3.05, 3.63) is 63.2 Å². The van der Waals surface area contributed by atoms with E-state index in [-0.39, 0.29) is 28.0 Å². The van der Waals surface area contributed by atoms with Crippen molar-refractivity contribution in [3.63, 3.8) is 0 Å². The topological polar surface area (TPSA) is 81.5 Å². The average Bonchev–Trinajstić information content (AvgIpc) is 2.66. The van der Waals surface area contributed by atoms with Gasteiger partial charge in [0, 0.05) is 29.8 Å². The van der Waals surface area contributed by atoms with Crippen molar-refractivity contribution < 1.29 is 14.5 Å². The van der Waals surface area contributed by atoms with Gasteiger partial charge in [-0.25, -0.2) is 0 Å². The summed E-state index contributed by atoms with van der Waals surface area (Å²) in [6.07, 6.45) is 1.77. The number of hydrogen-bond acceptors (Lipinski definition) is 4. The van der Waals surface area contributed by atoms with Gasteiger partial charge < -0.3 is 10.1 Å². The standard InChI is InChI=1S/C25H34N2O4/c1-8-9-15-26-23(28)18-16-17(27(29)30)13-14-21(18)31-22-19(24(2,3)4)11-10-12-20(22)25(5,6)7/h10-14,16H,8-9,15H2,1-7H3,(H,26,28). The minimum Gasteiger partial charge on any atom is -0.456 e. The normalized spacial score (nSPS) is 11.8. The number of nitro groups is 1. The number of unbranched alkanes of at least 4 members (excludes halogenated alkanes) is 1. The molecule has 0 aliphatic carbocycles. The SMILES string of the molecule is CCCCNC(=O)c1cc([N+](=O)[O-])ccc1Oc1c(C(C)(C)C)cccc1C(C)(C)C. The molecule has 2 aromatic carbocycles. The lowest BCUT2D eigenvalue weighted by Crippen LogP contribution is -2.25. The third-order valence-corrected chi connectivity index (χ3v) is 5.08. The van der Waals surface area contributed by atoms with Crippen molar-refractivity contribution >= 4 is 11.6 Å². The number of carbonyl (C=O) groups excluding carboxylic acids is 1. The lowest BCUT2D eigenvalue weighted by atomic mass is 9.79. The molecule has 6 heteroatoms. The van der Waals surface area contributed by atoms with Gasteiger partial charge in [-0.15, -0.1) is 0 Å². The van der Waals surface area contributed by atoms with Crippen LogP contribution in [0.1, 0.15) is 82.8 Å². The molecule has 1 N–H and O–H groups in total. The van der Waals surface area contributed by atoms with Crippen LogP contribution in [0.3, 0.4) is 0 Å². The van der Waals surface area contributed by atoms with Gasteiger partial charge in [-0.1, -0.05) is 73.1 Å². The lowest BCUT2D eigenvalue weighted by Gasteiger charge is -2.29. The molecule has 168 valence electrons. The summed E-state index contributed by atoms with van der Waals surface area (Å²) in [5.74, 6) is 0.624. The van der Waals surface area contributed by atoms with Gasteiger partial charge in [0.25, 0.3) is 11.6 Å². The van der Waals surface area contributed by atoms with E-state index in [1.807, 2.05) is 25.1 Å². The molecule has 0 atom stereocenters. The lowest BCUT2D eigenvalue weighted by molar-refractivity contribution is -0.384. The summed E-state index contributed by atoms with van der Waals surface area (Å²) in [6, 6.07) is 10.2. The Hall–Kier alpha value is -2.89. The van der Waals surface area contributed by atoms with Crippen LogP contribution in [0, 0.1) is 10.1 Å². The van der Waals surface area contributed by atoms with Crippen molar-refractivity contribution in [2.24, 2.45) is 0 Å². The zero-order valence-electron chi connectivity index (χ0n) is 19.7. The van der Waals surface area contributed by atoms with Gasteiger partial charge in [0.05, 0.1) is 10.5 Å². The molecule has 6 nitrogen and oxygen atoms in total. The van der Waals surface area contributed by atoms with Crippen LogP contribution in [0.25, 0.3) is 0 Å². The Labute approximate surface area is 185 Å². The van der Waals surface area contributed by atoms with Gasteiger partial charge in [0.1, 0.15) is 11.5 Å². The largest absolute Gasteiger partial charge is 0.456 e. The summed E-state index contributed by atoms with van der Waals surface area (Å²) >= 11 is 0. The monoisotopic (exact) mass is 426 g/mol. The van der Waals surface area contributed by atoms with Crippen LogP contribution in [-0.2, 0) is 10.8 Å². The molecule has 1 amide bonds. The van der Waals surface area contributed by atoms with Gasteiger partial charge in [0.2, 0.25) is 0 Å². The molecule has 0 unspecified atom stereocenters. The van der Waals surface area contributed by atoms with Crippen molar-refractivity contribution in [3.8, 4) is 11.5 Å². The molecule has 0 aliphatic rings. The molecule has 0 saturated carbocycles. The fourth-order valence-corrected chi connectivity index (χ4v) is 3.31. The fraction of sp³-hybridized carbons (Fsp3) is 0.480. The maximum Gasteiger partial charge on any atom is 0.270 e. The van der Waals surface area contributed by atoms with Crippen LogP contribution in [0.5, 0.6) is 11.5 Å². The van der Waals surface area contributed by atoms with Crippen LogP contribution in [-0.4, -0.2) is 17.4 Å². The summed E-state index contributed by atoms with van der Waals surface area (Å²) in [7, 11) is 0. The van der Waals surface area contributed by atoms with E-state index in [2.05, 4.69) is 46.9 Å². The predicted molar refractivity (Wildman–Crippen MR) is 124 cm³/mol. The van der Waals surface area contributed by atoms with E-state index in [0.29, 0.717) is 18.0 Å². The molecule has 0 spiro atoms. The number of benzene rings is 2. The van der Waals surface area contributed by atoms with Crippen LogP contribution >= 0.6 is 0 Å². The Morgan fingerprint density at radius 1 is 1.03 bits per heavy atom. The second-order valence-corrected chi connectivity index (χ2v) is 9.83. The summed E-state index contributed by atoms with van der Waals surface area (Å²) in [4.78, 5) is 23.7. The third-order valence-electron chi connectivity index (χ3n) is 5.08. The number of hydrogen-bond donors (Lipinski definition) is 1. The summed E-state index contributed by atoms with van der Waals surface area (Å²) < 4.78 is 6.40. The molecule has 2 rings (SSSR count). The highest BCUT2D eigenvalue weighted by molar-refractivity contribution is 5.97. The van der Waals surface area contributed by atoms with Crippen LogP contribution in [0.15, 0.2) is 36.4 Å². The van der Waals surface area contributed by atoms with Crippen molar-refractivity contribution in [1.82, 2.24) is 5.32 Å². The number of para-hydroxylation sites is 1. The van der Waals surface area contributed by atoms with Gasteiger partial charge in [-0.2, -0.15) is 0 Å². The van der Waals surface area contributed by atoms with Crippen LogP contribution in [0.4, 0.5) is 5.69 Å². The number of nitrogens with zero attached hydrogens (tertiary/aromatic N) is 1. The van der Waals surface area contributed by atoms with Crippen molar-refractivity contribution in [2.75, 3.05) is 6.54 Å². The van der Waals surface area contributed by atoms with Crippen LogP contribution in [0.2, 0.25) is 0 Å². The minimum absolute atomic E-state index is 0.145. The predicted octanol–water partition coefficient (Wildman–Crippen LogP) is 6.51. The second-order valence-electron chi connectivity index (χ2n) is 9.83. The number of ether oxygens (including phenoxy) is 1. The number of nitrogens with one attached hydrogen (secondary N) is 1. The van der Waals surface area contributed by atoms with E-state index in [1.165, 1.54) is 18.2 Å². The minimum atomic E-state index is -0.504. The van der Waals surface area contributed by atoms with E-state index in [0.717, 1.165) is 24.0 Å². The number of rotatable bonds is 7. The van der Waals surface area contributed by atoms with E-state index in [9.17, 15) is 14.9 Å². The van der Waals surface area contributed by atoms with Crippen molar-refractivity contribution in [1.29, 1.82) is 0 Å². The molecule has 2 aromatic rings. The Kier molecular flexibility index (Phi) is 7.47. The van der Waals surface area contributed by atoms with Crippen molar-refractivity contribution in [2.45, 2.75) is 72.1 Å². The molecular weight excluding hydrogens is 392 g/mol. The quantitative estimate of drug-likeness (QED) is 0.311. The molecule has 0 saturated heterocycles. The first kappa shape index (κ1) is 24.4. The smallest absolute Gasteiger partial charge is 0.270 e. The first-order chi connectivity index (χ1) is 14.4. The molecular formula is C25H34N2O4. The molecule has 0 aliphatic heterocycles. The molecule has 0 fully saturated rings. The van der Waals surface area contributed by atoms with E-state index in [1.54, 1.807) is 0 Å². The van der Waals surface area contributed by atoms with Gasteiger partial charge in [-0.05, 0) is 23.3 Å². The summed E-state index contributed by atoms with van der Waals surface area (Å²) in [5, 5.41) is 14.2. The Bertz CT molecular complexity index is 921. The highest BCUT2D eigenvalue weighted by Crippen LogP contribution is 2.42. The van der Waals surface area contributed by atoms with E-state index < -0.39 is 4.92 Å². The Morgan fingerprint density at radius 2 is 1.61 bits per heavy atom. The zero-order valence-corrected chi connectivity index (χ0v) is 19.7. The number of amides is 1. The Morgan fingerprint density at radius 3 is 2.10 bits per heavy atom. The first-order valence-electron chi connectivity index (χ1n) is 10.7. The number of carbonyl (C=O) groups is 1.